The summed E-state index contributed by atoms with van der Waals surface area (Å²) in [5.74, 6) is 0.600. The summed E-state index contributed by atoms with van der Waals surface area (Å²) < 4.78 is 5.35. The van der Waals surface area contributed by atoms with Crippen LogP contribution in [0.5, 0.6) is 0 Å². The van der Waals surface area contributed by atoms with Crippen molar-refractivity contribution in [2.45, 2.75) is 6.54 Å². The van der Waals surface area contributed by atoms with E-state index < -0.39 is 0 Å². The highest BCUT2D eigenvalue weighted by Gasteiger charge is 2.05. The lowest BCUT2D eigenvalue weighted by Gasteiger charge is -1.95. The second kappa shape index (κ2) is 4.47. The highest BCUT2D eigenvalue weighted by molar-refractivity contribution is 6.30. The molecule has 1 aromatic heterocycles. The Morgan fingerprint density at radius 2 is 2.33 bits per heavy atom. The van der Waals surface area contributed by atoms with Crippen LogP contribution >= 0.6 is 11.6 Å². The maximum absolute atomic E-state index is 5.88. The summed E-state index contributed by atoms with van der Waals surface area (Å²) >= 11 is 5.88. The lowest BCUT2D eigenvalue weighted by Crippen LogP contribution is -2.04. The molecule has 0 unspecified atom stereocenters. The van der Waals surface area contributed by atoms with E-state index in [1.807, 2.05) is 31.3 Å². The Labute approximate surface area is 93.1 Å². The number of rotatable bonds is 3. The van der Waals surface area contributed by atoms with Gasteiger partial charge in [-0.3, -0.25) is 0 Å². The predicted octanol–water partition coefficient (Wildman–Crippen LogP) is 2.71. The quantitative estimate of drug-likeness (QED) is 0.868. The maximum Gasteiger partial charge on any atom is 0.226 e. The molecule has 1 N–H and O–H groups in total. The van der Waals surface area contributed by atoms with Gasteiger partial charge in [0.05, 0.1) is 5.69 Å². The van der Waals surface area contributed by atoms with Gasteiger partial charge in [0.2, 0.25) is 5.89 Å². The Morgan fingerprint density at radius 1 is 1.47 bits per heavy atom. The summed E-state index contributed by atoms with van der Waals surface area (Å²) in [5, 5.41) is 3.69. The van der Waals surface area contributed by atoms with Gasteiger partial charge in [0.1, 0.15) is 6.26 Å². The molecule has 15 heavy (non-hydrogen) atoms. The SMILES string of the molecule is CNCc1coc(-c2cccc(Cl)c2)n1. The molecule has 78 valence electrons. The molecule has 4 heteroatoms. The topological polar surface area (TPSA) is 38.1 Å². The van der Waals surface area contributed by atoms with E-state index in [0.717, 1.165) is 11.3 Å². The molecule has 0 bridgehead atoms. The van der Waals surface area contributed by atoms with Crippen LogP contribution in [0.1, 0.15) is 5.69 Å². The Kier molecular flexibility index (Phi) is 3.04. The second-order valence-electron chi connectivity index (χ2n) is 3.18. The zero-order valence-electron chi connectivity index (χ0n) is 8.33. The number of nitrogens with one attached hydrogen (secondary N) is 1. The zero-order chi connectivity index (χ0) is 10.7. The van der Waals surface area contributed by atoms with Gasteiger partial charge in [-0.05, 0) is 25.2 Å². The molecule has 0 saturated carbocycles. The van der Waals surface area contributed by atoms with Crippen molar-refractivity contribution in [1.82, 2.24) is 10.3 Å². The molecule has 0 amide bonds. The van der Waals surface area contributed by atoms with Gasteiger partial charge in [0, 0.05) is 17.1 Å². The Morgan fingerprint density at radius 3 is 3.07 bits per heavy atom. The molecule has 2 aromatic rings. The minimum atomic E-state index is 0.600. The van der Waals surface area contributed by atoms with Gasteiger partial charge in [0.15, 0.2) is 0 Å². The largest absolute Gasteiger partial charge is 0.444 e. The van der Waals surface area contributed by atoms with Crippen molar-refractivity contribution in [3.05, 3.63) is 41.2 Å². The van der Waals surface area contributed by atoms with E-state index in [0.29, 0.717) is 17.5 Å². The fourth-order valence-corrected chi connectivity index (χ4v) is 1.51. The molecule has 0 aliphatic rings. The van der Waals surface area contributed by atoms with E-state index in [4.69, 9.17) is 16.0 Å². The summed E-state index contributed by atoms with van der Waals surface area (Å²) in [7, 11) is 1.87. The molecule has 0 aliphatic carbocycles. The number of oxazole rings is 1. The molecule has 2 rings (SSSR count). The van der Waals surface area contributed by atoms with Crippen LogP contribution < -0.4 is 5.32 Å². The van der Waals surface area contributed by atoms with Gasteiger partial charge in [-0.2, -0.15) is 0 Å². The van der Waals surface area contributed by atoms with Crippen molar-refractivity contribution in [2.75, 3.05) is 7.05 Å². The number of hydrogen-bond donors (Lipinski definition) is 1. The number of benzene rings is 1. The molecule has 0 fully saturated rings. The first-order chi connectivity index (χ1) is 7.29. The Balaban J connectivity index is 2.29. The minimum Gasteiger partial charge on any atom is -0.444 e. The monoisotopic (exact) mass is 222 g/mol. The van der Waals surface area contributed by atoms with E-state index >= 15 is 0 Å². The molecule has 0 spiro atoms. The van der Waals surface area contributed by atoms with Crippen molar-refractivity contribution in [1.29, 1.82) is 0 Å². The van der Waals surface area contributed by atoms with Crippen molar-refractivity contribution < 1.29 is 4.42 Å². The highest BCUT2D eigenvalue weighted by atomic mass is 35.5. The first-order valence-corrected chi connectivity index (χ1v) is 5.02. The highest BCUT2D eigenvalue weighted by Crippen LogP contribution is 2.21. The van der Waals surface area contributed by atoms with Gasteiger partial charge in [-0.25, -0.2) is 4.98 Å². The third kappa shape index (κ3) is 2.37. The summed E-state index contributed by atoms with van der Waals surface area (Å²) in [4.78, 5) is 4.32. The van der Waals surface area contributed by atoms with E-state index in [1.165, 1.54) is 0 Å². The molecule has 0 aliphatic heterocycles. The Hall–Kier alpha value is -1.32. The molecule has 0 atom stereocenters. The van der Waals surface area contributed by atoms with Crippen molar-refractivity contribution in [3.8, 4) is 11.5 Å². The lowest BCUT2D eigenvalue weighted by atomic mass is 10.2. The minimum absolute atomic E-state index is 0.600. The Bertz CT molecular complexity index is 453. The van der Waals surface area contributed by atoms with Gasteiger partial charge < -0.3 is 9.73 Å². The number of hydrogen-bond acceptors (Lipinski definition) is 3. The molecular weight excluding hydrogens is 212 g/mol. The molecule has 0 radical (unpaired) electrons. The van der Waals surface area contributed by atoms with Crippen LogP contribution in [0, 0.1) is 0 Å². The molecule has 3 nitrogen and oxygen atoms in total. The number of aromatic nitrogens is 1. The number of nitrogens with zero attached hydrogens (tertiary/aromatic N) is 1. The molecule has 1 heterocycles. The van der Waals surface area contributed by atoms with E-state index in [2.05, 4.69) is 10.3 Å². The predicted molar refractivity (Wildman–Crippen MR) is 59.7 cm³/mol. The number of halogens is 1. The smallest absolute Gasteiger partial charge is 0.226 e. The van der Waals surface area contributed by atoms with Crippen LogP contribution in [0.4, 0.5) is 0 Å². The van der Waals surface area contributed by atoms with Crippen molar-refractivity contribution in [3.63, 3.8) is 0 Å². The maximum atomic E-state index is 5.88. The third-order valence-corrected chi connectivity index (χ3v) is 2.22. The third-order valence-electron chi connectivity index (χ3n) is 1.98. The van der Waals surface area contributed by atoms with Crippen molar-refractivity contribution in [2.24, 2.45) is 0 Å². The van der Waals surface area contributed by atoms with Gasteiger partial charge in [0.25, 0.3) is 0 Å². The average Bonchev–Trinajstić information content (AvgIpc) is 2.67. The summed E-state index contributed by atoms with van der Waals surface area (Å²) in [6.45, 7) is 0.698. The van der Waals surface area contributed by atoms with Gasteiger partial charge in [-0.15, -0.1) is 0 Å². The first kappa shape index (κ1) is 10.2. The van der Waals surface area contributed by atoms with Gasteiger partial charge >= 0.3 is 0 Å². The molecule has 1 aromatic carbocycles. The standard InChI is InChI=1S/C11H11ClN2O/c1-13-6-10-7-15-11(14-10)8-3-2-4-9(12)5-8/h2-5,7,13H,6H2,1H3. The van der Waals surface area contributed by atoms with Crippen molar-refractivity contribution >= 4 is 11.6 Å². The zero-order valence-corrected chi connectivity index (χ0v) is 9.08. The van der Waals surface area contributed by atoms with Crippen LogP contribution in [0.25, 0.3) is 11.5 Å². The van der Waals surface area contributed by atoms with Crippen LogP contribution in [0.15, 0.2) is 34.9 Å². The fourth-order valence-electron chi connectivity index (χ4n) is 1.32. The first-order valence-electron chi connectivity index (χ1n) is 4.64. The van der Waals surface area contributed by atoms with Crippen LogP contribution in [-0.4, -0.2) is 12.0 Å². The second-order valence-corrected chi connectivity index (χ2v) is 3.62. The molecular formula is C11H11ClN2O. The van der Waals surface area contributed by atoms with Crippen LogP contribution in [0.2, 0.25) is 5.02 Å². The van der Waals surface area contributed by atoms with Crippen LogP contribution in [-0.2, 0) is 6.54 Å². The normalized spacial score (nSPS) is 10.5. The fraction of sp³-hybridized carbons (Fsp3) is 0.182. The molecule has 0 saturated heterocycles. The van der Waals surface area contributed by atoms with E-state index in [1.54, 1.807) is 6.26 Å². The van der Waals surface area contributed by atoms with E-state index in [-0.39, 0.29) is 0 Å². The van der Waals surface area contributed by atoms with E-state index in [9.17, 15) is 0 Å². The summed E-state index contributed by atoms with van der Waals surface area (Å²) in [5.41, 5.74) is 1.78. The van der Waals surface area contributed by atoms with Crippen LogP contribution in [0.3, 0.4) is 0 Å². The lowest BCUT2D eigenvalue weighted by molar-refractivity contribution is 0.571. The van der Waals surface area contributed by atoms with Gasteiger partial charge in [-0.1, -0.05) is 17.7 Å². The average molecular weight is 223 g/mol. The summed E-state index contributed by atoms with van der Waals surface area (Å²) in [6, 6.07) is 7.44. The summed E-state index contributed by atoms with van der Waals surface area (Å²) in [6.07, 6.45) is 1.65.